The zero-order valence-corrected chi connectivity index (χ0v) is 12.1. The summed E-state index contributed by atoms with van der Waals surface area (Å²) in [6, 6.07) is -0.548. The second-order valence-corrected chi connectivity index (χ2v) is 5.01. The van der Waals surface area contributed by atoms with Gasteiger partial charge in [-0.1, -0.05) is 13.8 Å². The van der Waals surface area contributed by atoms with E-state index in [2.05, 4.69) is 10.1 Å². The van der Waals surface area contributed by atoms with Gasteiger partial charge in [0, 0.05) is 19.7 Å². The average molecular weight is 272 g/mol. The Morgan fingerprint density at radius 2 is 2.11 bits per heavy atom. The van der Waals surface area contributed by atoms with Gasteiger partial charge in [0.25, 0.3) is 0 Å². The van der Waals surface area contributed by atoms with Gasteiger partial charge >= 0.3 is 6.09 Å². The first kappa shape index (κ1) is 15.8. The molecule has 1 aliphatic rings. The van der Waals surface area contributed by atoms with Crippen molar-refractivity contribution in [2.45, 2.75) is 39.3 Å². The molecule has 110 valence electrons. The molecular formula is C13H24N2O4. The summed E-state index contributed by atoms with van der Waals surface area (Å²) in [5.41, 5.74) is 0. The van der Waals surface area contributed by atoms with Gasteiger partial charge in [-0.2, -0.15) is 0 Å². The summed E-state index contributed by atoms with van der Waals surface area (Å²) in [5, 5.41) is 2.60. The molecular weight excluding hydrogens is 248 g/mol. The van der Waals surface area contributed by atoms with Crippen LogP contribution in [0.1, 0.15) is 27.2 Å². The number of hydrogen-bond acceptors (Lipinski definition) is 4. The Balaban J connectivity index is 2.60. The second-order valence-electron chi connectivity index (χ2n) is 5.01. The van der Waals surface area contributed by atoms with Crippen LogP contribution in [0.5, 0.6) is 0 Å². The lowest BCUT2D eigenvalue weighted by atomic mass is 10.0. The Morgan fingerprint density at radius 3 is 2.63 bits per heavy atom. The van der Waals surface area contributed by atoms with Crippen molar-refractivity contribution >= 4 is 12.0 Å². The van der Waals surface area contributed by atoms with Crippen molar-refractivity contribution in [1.82, 2.24) is 10.2 Å². The molecule has 0 spiro atoms. The van der Waals surface area contributed by atoms with Crippen molar-refractivity contribution < 1.29 is 19.1 Å². The van der Waals surface area contributed by atoms with Gasteiger partial charge in [0.1, 0.15) is 6.04 Å². The van der Waals surface area contributed by atoms with Crippen LogP contribution in [0.15, 0.2) is 0 Å². The molecule has 1 saturated heterocycles. The fourth-order valence-corrected chi connectivity index (χ4v) is 2.20. The predicted octanol–water partition coefficient (Wildman–Crippen LogP) is 1.00. The van der Waals surface area contributed by atoms with Gasteiger partial charge in [0.2, 0.25) is 5.91 Å². The third-order valence-electron chi connectivity index (χ3n) is 3.25. The van der Waals surface area contributed by atoms with Gasteiger partial charge < -0.3 is 19.7 Å². The van der Waals surface area contributed by atoms with Crippen LogP contribution in [0.3, 0.4) is 0 Å². The van der Waals surface area contributed by atoms with E-state index in [0.717, 1.165) is 6.42 Å². The molecule has 0 radical (unpaired) electrons. The standard InChI is InChI=1S/C13H24N2O4/c1-5-19-10-6-7-15(8-10)12(16)11(9(2)3)14-13(17)18-4/h9-11H,5-8H2,1-4H3,(H,14,17)/t10-,11-/m0/s1. The summed E-state index contributed by atoms with van der Waals surface area (Å²) in [5.74, 6) is -0.0552. The number of ether oxygens (including phenoxy) is 2. The van der Waals surface area contributed by atoms with E-state index in [-0.39, 0.29) is 17.9 Å². The SMILES string of the molecule is CCO[C@H]1CCN(C(=O)[C@@H](NC(=O)OC)C(C)C)C1. The maximum Gasteiger partial charge on any atom is 0.407 e. The third kappa shape index (κ3) is 4.38. The van der Waals surface area contributed by atoms with E-state index >= 15 is 0 Å². The third-order valence-corrected chi connectivity index (χ3v) is 3.25. The highest BCUT2D eigenvalue weighted by Crippen LogP contribution is 2.16. The van der Waals surface area contributed by atoms with Gasteiger partial charge in [0.05, 0.1) is 13.2 Å². The molecule has 6 nitrogen and oxygen atoms in total. The molecule has 1 aliphatic heterocycles. The molecule has 2 amide bonds. The van der Waals surface area contributed by atoms with Gasteiger partial charge in [-0.15, -0.1) is 0 Å². The van der Waals surface area contributed by atoms with E-state index < -0.39 is 12.1 Å². The van der Waals surface area contributed by atoms with Crippen molar-refractivity contribution in [3.05, 3.63) is 0 Å². The lowest BCUT2D eigenvalue weighted by Crippen LogP contribution is -2.50. The van der Waals surface area contributed by atoms with Crippen LogP contribution in [0.4, 0.5) is 4.79 Å². The van der Waals surface area contributed by atoms with Crippen LogP contribution in [0.25, 0.3) is 0 Å². The monoisotopic (exact) mass is 272 g/mol. The number of amides is 2. The molecule has 1 fully saturated rings. The molecule has 6 heteroatoms. The fraction of sp³-hybridized carbons (Fsp3) is 0.846. The first-order valence-corrected chi connectivity index (χ1v) is 6.74. The number of alkyl carbamates (subject to hydrolysis) is 1. The summed E-state index contributed by atoms with van der Waals surface area (Å²) in [6.45, 7) is 7.67. The molecule has 0 saturated carbocycles. The maximum absolute atomic E-state index is 12.4. The second kappa shape index (κ2) is 7.33. The largest absolute Gasteiger partial charge is 0.453 e. The minimum absolute atomic E-state index is 0.0118. The number of methoxy groups -OCH3 is 1. The normalized spacial score (nSPS) is 20.5. The fourth-order valence-electron chi connectivity index (χ4n) is 2.20. The molecule has 0 aromatic rings. The highest BCUT2D eigenvalue weighted by molar-refractivity contribution is 5.86. The van der Waals surface area contributed by atoms with E-state index in [1.165, 1.54) is 7.11 Å². The van der Waals surface area contributed by atoms with E-state index in [0.29, 0.717) is 19.7 Å². The van der Waals surface area contributed by atoms with Crippen LogP contribution in [0, 0.1) is 5.92 Å². The zero-order chi connectivity index (χ0) is 14.4. The Bertz CT molecular complexity index is 320. The molecule has 0 aromatic heterocycles. The van der Waals surface area contributed by atoms with Crippen molar-refractivity contribution in [3.63, 3.8) is 0 Å². The van der Waals surface area contributed by atoms with Crippen LogP contribution < -0.4 is 5.32 Å². The number of likely N-dealkylation sites (tertiary alicyclic amines) is 1. The van der Waals surface area contributed by atoms with Crippen LogP contribution in [-0.4, -0.2) is 55.9 Å². The summed E-state index contributed by atoms with van der Waals surface area (Å²) >= 11 is 0. The number of nitrogens with one attached hydrogen (secondary N) is 1. The van der Waals surface area contributed by atoms with Gasteiger partial charge in [-0.25, -0.2) is 4.79 Å². The van der Waals surface area contributed by atoms with Crippen LogP contribution in [0.2, 0.25) is 0 Å². The summed E-state index contributed by atoms with van der Waals surface area (Å²) in [4.78, 5) is 25.4. The molecule has 1 heterocycles. The first-order chi connectivity index (χ1) is 8.99. The van der Waals surface area contributed by atoms with Gasteiger partial charge in [-0.05, 0) is 19.3 Å². The molecule has 0 bridgehead atoms. The molecule has 0 unspecified atom stereocenters. The number of nitrogens with zero attached hydrogens (tertiary/aromatic N) is 1. The van der Waals surface area contributed by atoms with Crippen molar-refractivity contribution in [2.75, 3.05) is 26.8 Å². The number of rotatable bonds is 5. The minimum atomic E-state index is -0.576. The molecule has 1 rings (SSSR count). The predicted molar refractivity (Wildman–Crippen MR) is 70.8 cm³/mol. The molecule has 0 aliphatic carbocycles. The number of carbonyl (C=O) groups excluding carboxylic acids is 2. The lowest BCUT2D eigenvalue weighted by Gasteiger charge is -2.26. The zero-order valence-electron chi connectivity index (χ0n) is 12.1. The van der Waals surface area contributed by atoms with Gasteiger partial charge in [0.15, 0.2) is 0 Å². The van der Waals surface area contributed by atoms with E-state index in [9.17, 15) is 9.59 Å². The number of hydrogen-bond donors (Lipinski definition) is 1. The van der Waals surface area contributed by atoms with Crippen LogP contribution in [-0.2, 0) is 14.3 Å². The quantitative estimate of drug-likeness (QED) is 0.811. The Labute approximate surface area is 114 Å². The summed E-state index contributed by atoms with van der Waals surface area (Å²) in [7, 11) is 1.29. The lowest BCUT2D eigenvalue weighted by molar-refractivity contribution is -0.133. The van der Waals surface area contributed by atoms with Gasteiger partial charge in [-0.3, -0.25) is 4.79 Å². The topological polar surface area (TPSA) is 67.9 Å². The van der Waals surface area contributed by atoms with Crippen LogP contribution >= 0.6 is 0 Å². The van der Waals surface area contributed by atoms with Crippen molar-refractivity contribution in [3.8, 4) is 0 Å². The van der Waals surface area contributed by atoms with E-state index in [1.807, 2.05) is 20.8 Å². The molecule has 2 atom stereocenters. The Hall–Kier alpha value is -1.30. The van der Waals surface area contributed by atoms with E-state index in [4.69, 9.17) is 4.74 Å². The molecule has 19 heavy (non-hydrogen) atoms. The highest BCUT2D eigenvalue weighted by Gasteiger charge is 2.33. The molecule has 0 aromatic carbocycles. The summed E-state index contributed by atoms with van der Waals surface area (Å²) in [6.07, 6.45) is 0.385. The van der Waals surface area contributed by atoms with E-state index in [1.54, 1.807) is 4.90 Å². The molecule has 1 N–H and O–H groups in total. The smallest absolute Gasteiger partial charge is 0.407 e. The van der Waals surface area contributed by atoms with Crippen molar-refractivity contribution in [1.29, 1.82) is 0 Å². The maximum atomic E-state index is 12.4. The highest BCUT2D eigenvalue weighted by atomic mass is 16.5. The minimum Gasteiger partial charge on any atom is -0.453 e. The summed E-state index contributed by atoms with van der Waals surface area (Å²) < 4.78 is 10.1. The first-order valence-electron chi connectivity index (χ1n) is 6.74. The average Bonchev–Trinajstić information content (AvgIpc) is 2.83. The Kier molecular flexibility index (Phi) is 6.08. The number of carbonyl (C=O) groups is 2. The van der Waals surface area contributed by atoms with Crippen molar-refractivity contribution in [2.24, 2.45) is 5.92 Å². The Morgan fingerprint density at radius 1 is 1.42 bits per heavy atom.